The average molecular weight is 227 g/mol. The first-order valence-corrected chi connectivity index (χ1v) is 4.95. The molecule has 3 aromatic heterocycles. The molecule has 0 atom stereocenters. The number of nitrogens with zero attached hydrogens (tertiary/aromatic N) is 7. The molecule has 3 heterocycles. The third-order valence-electron chi connectivity index (χ3n) is 1.99. The van der Waals surface area contributed by atoms with Crippen molar-refractivity contribution < 1.29 is 0 Å². The fraction of sp³-hybridized carbons (Fsp3) is 0. The summed E-state index contributed by atoms with van der Waals surface area (Å²) in [6.45, 7) is 0. The highest BCUT2D eigenvalue weighted by atomic mass is 32.1. The Bertz CT molecular complexity index is 784. The summed E-state index contributed by atoms with van der Waals surface area (Å²) < 4.78 is 1.63. The van der Waals surface area contributed by atoms with Crippen molar-refractivity contribution in [2.45, 2.75) is 0 Å². The fourth-order valence-electron chi connectivity index (χ4n) is 1.32. The van der Waals surface area contributed by atoms with Crippen LogP contribution in [0.15, 0.2) is 6.33 Å². The first kappa shape index (κ1) is 8.71. The van der Waals surface area contributed by atoms with Crippen molar-refractivity contribution in [2.75, 3.05) is 0 Å². The molecule has 3 aromatic rings. The predicted octanol–water partition coefficient (Wildman–Crippen LogP) is 0.477. The molecule has 0 amide bonds. The second-order valence-electron chi connectivity index (χ2n) is 2.86. The minimum atomic E-state index is 0.0170. The lowest BCUT2D eigenvalue weighted by molar-refractivity contribution is 1.10. The van der Waals surface area contributed by atoms with E-state index in [4.69, 9.17) is 10.5 Å². The average Bonchev–Trinajstić information content (AvgIpc) is 2.87. The van der Waals surface area contributed by atoms with E-state index in [1.54, 1.807) is 4.40 Å². The Balaban J connectivity index is 2.52. The maximum Gasteiger partial charge on any atom is 0.219 e. The molecule has 3 rings (SSSR count). The van der Waals surface area contributed by atoms with E-state index in [9.17, 15) is 0 Å². The van der Waals surface area contributed by atoms with Crippen molar-refractivity contribution in [3.63, 3.8) is 0 Å². The molecule has 8 heteroatoms. The van der Waals surface area contributed by atoms with E-state index in [0.29, 0.717) is 15.4 Å². The topological polar surface area (TPSA) is 104 Å². The standard InChI is InChI=1S/C8HN7S/c9-1-4-5(2-10)13-7-6(12-4)15-3-11-14-8(15)16-7/h3H. The Morgan fingerprint density at radius 2 is 1.94 bits per heavy atom. The van der Waals surface area contributed by atoms with E-state index in [0.717, 1.165) is 0 Å². The highest BCUT2D eigenvalue weighted by Gasteiger charge is 2.13. The second-order valence-corrected chi connectivity index (χ2v) is 3.81. The molecule has 0 saturated carbocycles. The molecule has 0 aliphatic carbocycles. The van der Waals surface area contributed by atoms with Crippen LogP contribution in [0.1, 0.15) is 11.4 Å². The Kier molecular flexibility index (Phi) is 1.61. The molecule has 0 unspecified atom stereocenters. The summed E-state index contributed by atoms with van der Waals surface area (Å²) in [6.07, 6.45) is 1.50. The number of hydrogen-bond acceptors (Lipinski definition) is 7. The Morgan fingerprint density at radius 3 is 2.69 bits per heavy atom. The highest BCUT2D eigenvalue weighted by Crippen LogP contribution is 2.22. The summed E-state index contributed by atoms with van der Waals surface area (Å²) in [4.78, 5) is 9.33. The van der Waals surface area contributed by atoms with E-state index in [1.165, 1.54) is 17.7 Å². The Labute approximate surface area is 92.2 Å². The lowest BCUT2D eigenvalue weighted by Gasteiger charge is -1.92. The van der Waals surface area contributed by atoms with E-state index in [1.807, 2.05) is 12.1 Å². The molecule has 74 valence electrons. The zero-order valence-electron chi connectivity index (χ0n) is 7.62. The van der Waals surface area contributed by atoms with Gasteiger partial charge in [0, 0.05) is 0 Å². The van der Waals surface area contributed by atoms with Gasteiger partial charge in [0.25, 0.3) is 0 Å². The largest absolute Gasteiger partial charge is 0.254 e. The maximum absolute atomic E-state index is 8.83. The SMILES string of the molecule is N#Cc1nc2sc3nncn3c2nc1C#N. The van der Waals surface area contributed by atoms with Gasteiger partial charge in [-0.3, -0.25) is 4.40 Å². The zero-order valence-corrected chi connectivity index (χ0v) is 8.43. The lowest BCUT2D eigenvalue weighted by atomic mass is 10.3. The van der Waals surface area contributed by atoms with Gasteiger partial charge in [0.2, 0.25) is 4.96 Å². The first-order valence-electron chi connectivity index (χ1n) is 4.14. The van der Waals surface area contributed by atoms with Crippen molar-refractivity contribution in [1.82, 2.24) is 24.6 Å². The van der Waals surface area contributed by atoms with Crippen molar-refractivity contribution in [3.05, 3.63) is 17.7 Å². The molecule has 16 heavy (non-hydrogen) atoms. The summed E-state index contributed by atoms with van der Waals surface area (Å²) in [6, 6.07) is 3.68. The third kappa shape index (κ3) is 0.988. The van der Waals surface area contributed by atoms with E-state index in [2.05, 4.69) is 20.2 Å². The van der Waals surface area contributed by atoms with Crippen molar-refractivity contribution in [3.8, 4) is 12.1 Å². The van der Waals surface area contributed by atoms with Gasteiger partial charge in [-0.1, -0.05) is 11.3 Å². The molecule has 0 N–H and O–H groups in total. The molecule has 0 radical (unpaired) electrons. The lowest BCUT2D eigenvalue weighted by Crippen LogP contribution is -1.95. The third-order valence-corrected chi connectivity index (χ3v) is 2.92. The van der Waals surface area contributed by atoms with Crippen LogP contribution in [0.5, 0.6) is 0 Å². The van der Waals surface area contributed by atoms with Crippen LogP contribution in [0.25, 0.3) is 15.4 Å². The van der Waals surface area contributed by atoms with Gasteiger partial charge < -0.3 is 0 Å². The van der Waals surface area contributed by atoms with Crippen LogP contribution >= 0.6 is 11.3 Å². The summed E-state index contributed by atoms with van der Waals surface area (Å²) in [5, 5.41) is 25.2. The molecule has 0 aliphatic rings. The van der Waals surface area contributed by atoms with Crippen LogP contribution in [-0.2, 0) is 0 Å². The summed E-state index contributed by atoms with van der Waals surface area (Å²) in [5.41, 5.74) is 0.552. The summed E-state index contributed by atoms with van der Waals surface area (Å²) in [5.74, 6) is 0. The van der Waals surface area contributed by atoms with Crippen molar-refractivity contribution in [2.24, 2.45) is 0 Å². The first-order chi connectivity index (χ1) is 7.83. The smallest absolute Gasteiger partial charge is 0.219 e. The van der Waals surface area contributed by atoms with Crippen molar-refractivity contribution in [1.29, 1.82) is 10.5 Å². The maximum atomic E-state index is 8.83. The molecule has 7 nitrogen and oxygen atoms in total. The normalized spacial score (nSPS) is 10.4. The number of hydrogen-bond donors (Lipinski definition) is 0. The number of aromatic nitrogens is 5. The Hall–Kier alpha value is -2.58. The number of thiazole rings is 1. The van der Waals surface area contributed by atoms with Crippen LogP contribution < -0.4 is 0 Å². The van der Waals surface area contributed by atoms with E-state index in [-0.39, 0.29) is 11.4 Å². The number of rotatable bonds is 0. The van der Waals surface area contributed by atoms with Gasteiger partial charge in [-0.15, -0.1) is 10.2 Å². The van der Waals surface area contributed by atoms with Gasteiger partial charge >= 0.3 is 0 Å². The van der Waals surface area contributed by atoms with Crippen LogP contribution in [-0.4, -0.2) is 24.6 Å². The van der Waals surface area contributed by atoms with Gasteiger partial charge in [0.15, 0.2) is 21.9 Å². The van der Waals surface area contributed by atoms with E-state index < -0.39 is 0 Å². The van der Waals surface area contributed by atoms with Gasteiger partial charge in [-0.2, -0.15) is 10.5 Å². The fourth-order valence-corrected chi connectivity index (χ4v) is 2.18. The van der Waals surface area contributed by atoms with Crippen LogP contribution in [0.2, 0.25) is 0 Å². The predicted molar refractivity (Wildman–Crippen MR) is 53.4 cm³/mol. The van der Waals surface area contributed by atoms with Crippen LogP contribution in [0.4, 0.5) is 0 Å². The summed E-state index contributed by atoms with van der Waals surface area (Å²) >= 11 is 1.27. The minimum absolute atomic E-state index is 0.0170. The van der Waals surface area contributed by atoms with Gasteiger partial charge in [0.1, 0.15) is 18.5 Å². The van der Waals surface area contributed by atoms with Gasteiger partial charge in [-0.05, 0) is 0 Å². The molecule has 0 bridgehead atoms. The van der Waals surface area contributed by atoms with Crippen LogP contribution in [0, 0.1) is 22.7 Å². The molecule has 0 spiro atoms. The van der Waals surface area contributed by atoms with E-state index >= 15 is 0 Å². The molecular formula is C8HN7S. The molecule has 0 fully saturated rings. The quantitative estimate of drug-likeness (QED) is 0.553. The Morgan fingerprint density at radius 1 is 1.19 bits per heavy atom. The molecular weight excluding hydrogens is 226 g/mol. The second kappa shape index (κ2) is 2.95. The summed E-state index contributed by atoms with van der Waals surface area (Å²) in [7, 11) is 0. The van der Waals surface area contributed by atoms with Crippen LogP contribution in [0.3, 0.4) is 0 Å². The zero-order chi connectivity index (χ0) is 11.1. The number of fused-ring (bicyclic) bond motifs is 3. The molecule has 0 aliphatic heterocycles. The van der Waals surface area contributed by atoms with Gasteiger partial charge in [0.05, 0.1) is 0 Å². The highest BCUT2D eigenvalue weighted by molar-refractivity contribution is 7.23. The molecule has 0 saturated heterocycles. The molecule has 0 aromatic carbocycles. The minimum Gasteiger partial charge on any atom is -0.254 e. The number of nitriles is 2. The monoisotopic (exact) mass is 227 g/mol. The van der Waals surface area contributed by atoms with Crippen molar-refractivity contribution >= 4 is 26.8 Å². The van der Waals surface area contributed by atoms with Gasteiger partial charge in [-0.25, -0.2) is 9.97 Å².